The highest BCUT2D eigenvalue weighted by Crippen LogP contribution is 2.22. The fraction of sp³-hybridized carbons (Fsp3) is 0.167. The molecule has 0 radical (unpaired) electrons. The molecule has 0 spiro atoms. The van der Waals surface area contributed by atoms with Gasteiger partial charge in [-0.15, -0.1) is 5.10 Å². The number of methoxy groups -OCH3 is 1. The molecule has 0 atom stereocenters. The van der Waals surface area contributed by atoms with Gasteiger partial charge in [0.25, 0.3) is 0 Å². The molecule has 122 valence electrons. The first-order chi connectivity index (χ1) is 11.7. The van der Waals surface area contributed by atoms with Crippen LogP contribution >= 0.6 is 0 Å². The Morgan fingerprint density at radius 2 is 1.75 bits per heavy atom. The van der Waals surface area contributed by atoms with Gasteiger partial charge in [0.05, 0.1) is 13.3 Å². The largest absolute Gasteiger partial charge is 0.497 e. The number of anilines is 4. The smallest absolute Gasteiger partial charge is 0.249 e. The van der Waals surface area contributed by atoms with Gasteiger partial charge in [0.15, 0.2) is 5.82 Å². The molecule has 0 unspecified atom stereocenters. The van der Waals surface area contributed by atoms with Crippen LogP contribution in [0.1, 0.15) is 11.1 Å². The fourth-order valence-electron chi connectivity index (χ4n) is 2.24. The van der Waals surface area contributed by atoms with E-state index in [1.807, 2.05) is 36.4 Å². The van der Waals surface area contributed by atoms with Crippen LogP contribution in [0.15, 0.2) is 48.7 Å². The highest BCUT2D eigenvalue weighted by Gasteiger charge is 2.05. The van der Waals surface area contributed by atoms with E-state index in [-0.39, 0.29) is 0 Å². The van der Waals surface area contributed by atoms with Gasteiger partial charge in [0, 0.05) is 11.4 Å². The van der Waals surface area contributed by atoms with E-state index < -0.39 is 0 Å². The third kappa shape index (κ3) is 3.60. The third-order valence-corrected chi connectivity index (χ3v) is 3.77. The van der Waals surface area contributed by atoms with Gasteiger partial charge in [0.2, 0.25) is 5.95 Å². The maximum Gasteiger partial charge on any atom is 0.249 e. The molecule has 24 heavy (non-hydrogen) atoms. The summed E-state index contributed by atoms with van der Waals surface area (Å²) in [7, 11) is 1.64. The van der Waals surface area contributed by atoms with E-state index in [4.69, 9.17) is 4.74 Å². The first kappa shape index (κ1) is 15.7. The minimum absolute atomic E-state index is 0.426. The van der Waals surface area contributed by atoms with Crippen LogP contribution in [-0.2, 0) is 0 Å². The number of hydrogen-bond donors (Lipinski definition) is 2. The van der Waals surface area contributed by atoms with Crippen molar-refractivity contribution in [3.63, 3.8) is 0 Å². The number of aryl methyl sites for hydroxylation is 1. The molecule has 2 aromatic carbocycles. The second-order valence-corrected chi connectivity index (χ2v) is 5.39. The van der Waals surface area contributed by atoms with Crippen LogP contribution in [0.5, 0.6) is 5.75 Å². The molecule has 6 nitrogen and oxygen atoms in total. The van der Waals surface area contributed by atoms with Gasteiger partial charge >= 0.3 is 0 Å². The minimum Gasteiger partial charge on any atom is -0.497 e. The average Bonchev–Trinajstić information content (AvgIpc) is 2.60. The van der Waals surface area contributed by atoms with Gasteiger partial charge in [-0.2, -0.15) is 10.1 Å². The molecule has 0 saturated heterocycles. The first-order valence-corrected chi connectivity index (χ1v) is 7.60. The van der Waals surface area contributed by atoms with Crippen molar-refractivity contribution < 1.29 is 4.74 Å². The number of rotatable bonds is 5. The number of aromatic nitrogens is 3. The molecular weight excluding hydrogens is 302 g/mol. The average molecular weight is 321 g/mol. The summed E-state index contributed by atoms with van der Waals surface area (Å²) in [4.78, 5) is 4.45. The minimum atomic E-state index is 0.426. The molecule has 0 fully saturated rings. The second-order valence-electron chi connectivity index (χ2n) is 5.39. The summed E-state index contributed by atoms with van der Waals surface area (Å²) in [5.74, 6) is 1.86. The fourth-order valence-corrected chi connectivity index (χ4v) is 2.24. The van der Waals surface area contributed by atoms with Crippen molar-refractivity contribution in [2.75, 3.05) is 17.7 Å². The van der Waals surface area contributed by atoms with Crippen LogP contribution in [-0.4, -0.2) is 22.3 Å². The summed E-state index contributed by atoms with van der Waals surface area (Å²) in [5.41, 5.74) is 4.27. The van der Waals surface area contributed by atoms with Crippen molar-refractivity contribution in [3.05, 3.63) is 59.8 Å². The van der Waals surface area contributed by atoms with Crippen LogP contribution in [0.3, 0.4) is 0 Å². The van der Waals surface area contributed by atoms with Crippen LogP contribution in [0.25, 0.3) is 0 Å². The molecule has 0 aliphatic heterocycles. The van der Waals surface area contributed by atoms with Crippen molar-refractivity contribution in [1.29, 1.82) is 0 Å². The van der Waals surface area contributed by atoms with Crippen LogP contribution in [0, 0.1) is 13.8 Å². The molecule has 3 rings (SSSR count). The quantitative estimate of drug-likeness (QED) is 0.740. The zero-order valence-electron chi connectivity index (χ0n) is 13.9. The van der Waals surface area contributed by atoms with Gasteiger partial charge in [0.1, 0.15) is 5.75 Å². The van der Waals surface area contributed by atoms with Crippen molar-refractivity contribution in [2.45, 2.75) is 13.8 Å². The summed E-state index contributed by atoms with van der Waals surface area (Å²) in [6.07, 6.45) is 1.60. The Morgan fingerprint density at radius 3 is 2.50 bits per heavy atom. The van der Waals surface area contributed by atoms with Crippen molar-refractivity contribution in [3.8, 4) is 5.75 Å². The summed E-state index contributed by atoms with van der Waals surface area (Å²) < 4.78 is 5.14. The summed E-state index contributed by atoms with van der Waals surface area (Å²) in [6.45, 7) is 4.15. The highest BCUT2D eigenvalue weighted by atomic mass is 16.5. The van der Waals surface area contributed by atoms with E-state index in [0.29, 0.717) is 11.8 Å². The molecular formula is C18H19N5O. The molecule has 1 heterocycles. The number of benzene rings is 2. The summed E-state index contributed by atoms with van der Waals surface area (Å²) in [5, 5.41) is 14.4. The first-order valence-electron chi connectivity index (χ1n) is 7.60. The highest BCUT2D eigenvalue weighted by molar-refractivity contribution is 5.63. The topological polar surface area (TPSA) is 72.0 Å². The Balaban J connectivity index is 1.77. The standard InChI is InChI=1S/C18H19N5O/c1-12-5-4-6-16(13(12)2)21-17-11-19-23-18(22-17)20-14-7-9-15(24-3)10-8-14/h4-11H,1-3H3,(H2,20,21,22,23). The maximum absolute atomic E-state index is 5.14. The third-order valence-electron chi connectivity index (χ3n) is 3.77. The van der Waals surface area contributed by atoms with Crippen molar-refractivity contribution >= 4 is 23.1 Å². The lowest BCUT2D eigenvalue weighted by atomic mass is 10.1. The lowest BCUT2D eigenvalue weighted by molar-refractivity contribution is 0.415. The predicted molar refractivity (Wildman–Crippen MR) is 95.3 cm³/mol. The Morgan fingerprint density at radius 1 is 0.958 bits per heavy atom. The second kappa shape index (κ2) is 6.95. The SMILES string of the molecule is COc1ccc(Nc2nncc(Nc3cccc(C)c3C)n2)cc1. The molecule has 6 heteroatoms. The van der Waals surface area contributed by atoms with Crippen LogP contribution in [0.2, 0.25) is 0 Å². The van der Waals surface area contributed by atoms with Crippen LogP contribution in [0.4, 0.5) is 23.1 Å². The lowest BCUT2D eigenvalue weighted by Crippen LogP contribution is -2.03. The van der Waals surface area contributed by atoms with E-state index in [1.165, 1.54) is 11.1 Å². The maximum atomic E-state index is 5.14. The number of nitrogens with one attached hydrogen (secondary N) is 2. The predicted octanol–water partition coefficient (Wildman–Crippen LogP) is 3.98. The monoisotopic (exact) mass is 321 g/mol. The lowest BCUT2D eigenvalue weighted by Gasteiger charge is -2.11. The Kier molecular flexibility index (Phi) is 4.56. The normalized spacial score (nSPS) is 10.3. The van der Waals surface area contributed by atoms with Crippen molar-refractivity contribution in [1.82, 2.24) is 15.2 Å². The van der Waals surface area contributed by atoms with E-state index in [0.717, 1.165) is 17.1 Å². The number of ether oxygens (including phenoxy) is 1. The van der Waals surface area contributed by atoms with Crippen molar-refractivity contribution in [2.24, 2.45) is 0 Å². The van der Waals surface area contributed by atoms with Gasteiger partial charge < -0.3 is 15.4 Å². The Hall–Kier alpha value is -3.15. The molecule has 0 aliphatic rings. The number of nitrogens with zero attached hydrogens (tertiary/aromatic N) is 3. The van der Waals surface area contributed by atoms with E-state index in [1.54, 1.807) is 13.3 Å². The molecule has 0 bridgehead atoms. The Bertz CT molecular complexity index is 833. The van der Waals surface area contributed by atoms with E-state index in [2.05, 4.69) is 45.7 Å². The summed E-state index contributed by atoms with van der Waals surface area (Å²) >= 11 is 0. The molecule has 0 amide bonds. The molecule has 3 aromatic rings. The molecule has 2 N–H and O–H groups in total. The van der Waals surface area contributed by atoms with Gasteiger partial charge in [-0.1, -0.05) is 12.1 Å². The van der Waals surface area contributed by atoms with E-state index in [9.17, 15) is 0 Å². The van der Waals surface area contributed by atoms with Gasteiger partial charge in [-0.3, -0.25) is 0 Å². The van der Waals surface area contributed by atoms with Gasteiger partial charge in [-0.25, -0.2) is 0 Å². The van der Waals surface area contributed by atoms with E-state index >= 15 is 0 Å². The zero-order valence-corrected chi connectivity index (χ0v) is 13.9. The molecule has 0 saturated carbocycles. The Labute approximate surface area is 140 Å². The zero-order chi connectivity index (χ0) is 16.9. The molecule has 1 aromatic heterocycles. The molecule has 0 aliphatic carbocycles. The van der Waals surface area contributed by atoms with Crippen LogP contribution < -0.4 is 15.4 Å². The van der Waals surface area contributed by atoms with Gasteiger partial charge in [-0.05, 0) is 55.3 Å². The summed E-state index contributed by atoms with van der Waals surface area (Å²) in [6, 6.07) is 13.6. The number of hydrogen-bond acceptors (Lipinski definition) is 6.